The van der Waals surface area contributed by atoms with Gasteiger partial charge in [0, 0.05) is 6.07 Å². The number of halogens is 2. The predicted molar refractivity (Wildman–Crippen MR) is 56.4 cm³/mol. The molecule has 3 nitrogen and oxygen atoms in total. The quantitative estimate of drug-likeness (QED) is 0.816. The van der Waals surface area contributed by atoms with Crippen LogP contribution in [-0.2, 0) is 0 Å². The topological polar surface area (TPSA) is 52.0 Å². The summed E-state index contributed by atoms with van der Waals surface area (Å²) in [6.07, 6.45) is 0. The first-order valence-electron chi connectivity index (χ1n) is 3.85. The Labute approximate surface area is 90.4 Å². The van der Waals surface area contributed by atoms with E-state index >= 15 is 0 Å². The van der Waals surface area contributed by atoms with Gasteiger partial charge < -0.3 is 10.3 Å². The van der Waals surface area contributed by atoms with Gasteiger partial charge in [-0.05, 0) is 12.1 Å². The van der Waals surface area contributed by atoms with E-state index in [4.69, 9.17) is 33.5 Å². The van der Waals surface area contributed by atoms with Crippen LogP contribution in [0.4, 0.5) is 5.82 Å². The minimum atomic E-state index is 0.302. The smallest absolute Gasteiger partial charge is 0.172 e. The lowest BCUT2D eigenvalue weighted by molar-refractivity contribution is 0.436. The van der Waals surface area contributed by atoms with Gasteiger partial charge in [0.1, 0.15) is 0 Å². The maximum atomic E-state index is 5.96. The van der Waals surface area contributed by atoms with Crippen molar-refractivity contribution in [3.63, 3.8) is 0 Å². The second kappa shape index (κ2) is 3.52. The molecule has 0 bridgehead atoms. The lowest BCUT2D eigenvalue weighted by Gasteiger charge is -2.01. The number of nitrogen functional groups attached to an aromatic ring is 1. The molecule has 0 radical (unpaired) electrons. The van der Waals surface area contributed by atoms with Crippen molar-refractivity contribution in [2.75, 3.05) is 5.73 Å². The first-order chi connectivity index (χ1) is 6.68. The summed E-state index contributed by atoms with van der Waals surface area (Å²) in [5, 5.41) is 4.58. The molecule has 0 aliphatic carbocycles. The number of hydrogen-bond donors (Lipinski definition) is 1. The van der Waals surface area contributed by atoms with E-state index in [0.717, 1.165) is 0 Å². The zero-order valence-electron chi connectivity index (χ0n) is 7.00. The van der Waals surface area contributed by atoms with Crippen LogP contribution in [0.1, 0.15) is 0 Å². The predicted octanol–water partition coefficient (Wildman–Crippen LogP) is 3.23. The van der Waals surface area contributed by atoms with Crippen molar-refractivity contribution in [3.05, 3.63) is 34.3 Å². The van der Waals surface area contributed by atoms with E-state index in [2.05, 4.69) is 5.16 Å². The molecule has 1 aromatic heterocycles. The van der Waals surface area contributed by atoms with Crippen LogP contribution in [0.2, 0.25) is 10.0 Å². The minimum absolute atomic E-state index is 0.302. The summed E-state index contributed by atoms with van der Waals surface area (Å²) >= 11 is 11.9. The average Bonchev–Trinajstić information content (AvgIpc) is 2.51. The fourth-order valence-corrected chi connectivity index (χ4v) is 1.72. The molecule has 0 aliphatic heterocycles. The van der Waals surface area contributed by atoms with Gasteiger partial charge in [0.25, 0.3) is 0 Å². The van der Waals surface area contributed by atoms with Gasteiger partial charge in [-0.15, -0.1) is 0 Å². The normalized spacial score (nSPS) is 10.4. The number of benzene rings is 1. The zero-order chi connectivity index (χ0) is 10.1. The third-order valence-electron chi connectivity index (χ3n) is 1.74. The lowest BCUT2D eigenvalue weighted by atomic mass is 10.2. The first-order valence-corrected chi connectivity index (χ1v) is 4.60. The van der Waals surface area contributed by atoms with Crippen molar-refractivity contribution in [3.8, 4) is 11.3 Å². The molecular weight excluding hydrogens is 223 g/mol. The van der Waals surface area contributed by atoms with Crippen LogP contribution < -0.4 is 5.73 Å². The van der Waals surface area contributed by atoms with E-state index < -0.39 is 0 Å². The van der Waals surface area contributed by atoms with E-state index in [9.17, 15) is 0 Å². The largest absolute Gasteiger partial charge is 0.381 e. The molecule has 0 atom stereocenters. The molecule has 2 aromatic rings. The van der Waals surface area contributed by atoms with Gasteiger partial charge in [0.15, 0.2) is 11.6 Å². The first kappa shape index (κ1) is 9.37. The highest BCUT2D eigenvalue weighted by atomic mass is 35.5. The second-order valence-corrected chi connectivity index (χ2v) is 3.53. The Bertz CT molecular complexity index is 447. The highest BCUT2D eigenvalue weighted by molar-refractivity contribution is 6.39. The van der Waals surface area contributed by atoms with Gasteiger partial charge in [-0.1, -0.05) is 34.4 Å². The molecule has 5 heteroatoms. The summed E-state index contributed by atoms with van der Waals surface area (Å²) < 4.78 is 4.97. The van der Waals surface area contributed by atoms with Gasteiger partial charge in [-0.2, -0.15) is 0 Å². The lowest BCUT2D eigenvalue weighted by Crippen LogP contribution is -1.80. The summed E-state index contributed by atoms with van der Waals surface area (Å²) in [6.45, 7) is 0. The van der Waals surface area contributed by atoms with E-state index in [1.54, 1.807) is 24.3 Å². The Morgan fingerprint density at radius 3 is 2.36 bits per heavy atom. The molecule has 0 fully saturated rings. The molecule has 1 aromatic carbocycles. The molecule has 1 heterocycles. The molecule has 14 heavy (non-hydrogen) atoms. The molecular formula is C9H6Cl2N2O. The van der Waals surface area contributed by atoms with Crippen LogP contribution in [0.3, 0.4) is 0 Å². The van der Waals surface area contributed by atoms with Gasteiger partial charge in [-0.3, -0.25) is 0 Å². The Morgan fingerprint density at radius 1 is 1.21 bits per heavy atom. The third-order valence-corrected chi connectivity index (χ3v) is 2.37. The number of nitrogens with two attached hydrogens (primary N) is 1. The third kappa shape index (κ3) is 1.56. The fourth-order valence-electron chi connectivity index (χ4n) is 1.14. The van der Waals surface area contributed by atoms with Crippen LogP contribution in [0.15, 0.2) is 28.8 Å². The standard InChI is InChI=1S/C9H6Cl2N2O/c10-5-2-1-3-6(11)9(5)7-4-8(12)13-14-7/h1-4H,(H2,12,13). The summed E-state index contributed by atoms with van der Waals surface area (Å²) in [4.78, 5) is 0. The Kier molecular flexibility index (Phi) is 2.35. The second-order valence-electron chi connectivity index (χ2n) is 2.71. The van der Waals surface area contributed by atoms with Crippen LogP contribution in [0.25, 0.3) is 11.3 Å². The molecule has 2 N–H and O–H groups in total. The highest BCUT2D eigenvalue weighted by Gasteiger charge is 2.12. The minimum Gasteiger partial charge on any atom is -0.381 e. The molecule has 72 valence electrons. The van der Waals surface area contributed by atoms with Crippen molar-refractivity contribution in [1.29, 1.82) is 0 Å². The van der Waals surface area contributed by atoms with Crippen molar-refractivity contribution in [2.24, 2.45) is 0 Å². The molecule has 0 unspecified atom stereocenters. The maximum absolute atomic E-state index is 5.96. The SMILES string of the molecule is Nc1cc(-c2c(Cl)cccc2Cl)on1. The number of anilines is 1. The van der Waals surface area contributed by atoms with Crippen molar-refractivity contribution < 1.29 is 4.52 Å². The van der Waals surface area contributed by atoms with E-state index in [0.29, 0.717) is 27.2 Å². The monoisotopic (exact) mass is 228 g/mol. The molecule has 0 amide bonds. The number of hydrogen-bond acceptors (Lipinski definition) is 3. The number of nitrogens with zero attached hydrogens (tertiary/aromatic N) is 1. The van der Waals surface area contributed by atoms with E-state index in [-0.39, 0.29) is 0 Å². The van der Waals surface area contributed by atoms with Crippen LogP contribution in [-0.4, -0.2) is 5.16 Å². The number of rotatable bonds is 1. The van der Waals surface area contributed by atoms with Gasteiger partial charge in [-0.25, -0.2) is 0 Å². The Morgan fingerprint density at radius 2 is 1.86 bits per heavy atom. The van der Waals surface area contributed by atoms with Crippen molar-refractivity contribution in [1.82, 2.24) is 5.16 Å². The highest BCUT2D eigenvalue weighted by Crippen LogP contribution is 2.34. The molecule has 2 rings (SSSR count). The summed E-state index contributed by atoms with van der Waals surface area (Å²) in [5.74, 6) is 0.772. The summed E-state index contributed by atoms with van der Waals surface area (Å²) in [5.41, 5.74) is 6.04. The van der Waals surface area contributed by atoms with Gasteiger partial charge in [0.05, 0.1) is 15.6 Å². The molecule has 0 saturated carbocycles. The van der Waals surface area contributed by atoms with E-state index in [1.807, 2.05) is 0 Å². The zero-order valence-corrected chi connectivity index (χ0v) is 8.51. The average molecular weight is 229 g/mol. The Balaban J connectivity index is 2.61. The maximum Gasteiger partial charge on any atom is 0.172 e. The van der Waals surface area contributed by atoms with Crippen LogP contribution in [0, 0.1) is 0 Å². The number of aromatic nitrogens is 1. The van der Waals surface area contributed by atoms with Crippen LogP contribution >= 0.6 is 23.2 Å². The summed E-state index contributed by atoms with van der Waals surface area (Å²) in [6, 6.07) is 6.78. The van der Waals surface area contributed by atoms with Crippen molar-refractivity contribution in [2.45, 2.75) is 0 Å². The molecule has 0 spiro atoms. The molecule has 0 saturated heterocycles. The Hall–Kier alpha value is -1.19. The van der Waals surface area contributed by atoms with Gasteiger partial charge >= 0.3 is 0 Å². The summed E-state index contributed by atoms with van der Waals surface area (Å²) in [7, 11) is 0. The fraction of sp³-hybridized carbons (Fsp3) is 0. The van der Waals surface area contributed by atoms with Gasteiger partial charge in [0.2, 0.25) is 0 Å². The van der Waals surface area contributed by atoms with Crippen molar-refractivity contribution >= 4 is 29.0 Å². The molecule has 0 aliphatic rings. The van der Waals surface area contributed by atoms with E-state index in [1.165, 1.54) is 0 Å². The van der Waals surface area contributed by atoms with Crippen LogP contribution in [0.5, 0.6) is 0 Å².